The number of amides is 1. The van der Waals surface area contributed by atoms with E-state index in [9.17, 15) is 9.59 Å². The maximum absolute atomic E-state index is 12.4. The van der Waals surface area contributed by atoms with Gasteiger partial charge in [0.25, 0.3) is 0 Å². The van der Waals surface area contributed by atoms with Crippen LogP contribution in [0, 0.1) is 0 Å². The molecule has 0 spiro atoms. The fourth-order valence-electron chi connectivity index (χ4n) is 1.86. The Hall–Kier alpha value is -3.06. The first-order valence-electron chi connectivity index (χ1n) is 6.70. The number of hydrogen-bond acceptors (Lipinski definition) is 6. The van der Waals surface area contributed by atoms with Crippen molar-refractivity contribution < 1.29 is 14.3 Å². The van der Waals surface area contributed by atoms with E-state index in [0.29, 0.717) is 11.3 Å². The van der Waals surface area contributed by atoms with E-state index in [1.165, 1.54) is 0 Å². The summed E-state index contributed by atoms with van der Waals surface area (Å²) in [5.74, 6) is 0.0905. The predicted octanol–water partition coefficient (Wildman–Crippen LogP) is 3.38. The van der Waals surface area contributed by atoms with Gasteiger partial charge < -0.3 is 4.74 Å². The minimum absolute atomic E-state index is 0.0891. The summed E-state index contributed by atoms with van der Waals surface area (Å²) in [5, 5.41) is 6.55. The number of carbonyl (C=O) groups excluding carboxylic acids is 2. The molecule has 23 heavy (non-hydrogen) atoms. The number of para-hydroxylation sites is 1. The van der Waals surface area contributed by atoms with Gasteiger partial charge in [-0.1, -0.05) is 53.0 Å². The molecule has 0 radical (unpaired) electrons. The first-order chi connectivity index (χ1) is 11.2. The molecule has 0 atom stereocenters. The smallest absolute Gasteiger partial charge is 0.410 e. The zero-order chi connectivity index (χ0) is 16.1. The summed E-state index contributed by atoms with van der Waals surface area (Å²) in [6, 6.07) is 17.3. The lowest BCUT2D eigenvalue weighted by atomic mass is 10.1. The second-order valence-electron chi connectivity index (χ2n) is 4.47. The van der Waals surface area contributed by atoms with Crippen LogP contribution >= 0.6 is 11.5 Å². The number of hydrogen-bond donors (Lipinski definition) is 1. The van der Waals surface area contributed by atoms with Gasteiger partial charge in [0, 0.05) is 17.1 Å². The van der Waals surface area contributed by atoms with E-state index >= 15 is 0 Å². The zero-order valence-corrected chi connectivity index (χ0v) is 12.6. The van der Waals surface area contributed by atoms with Gasteiger partial charge in [-0.15, -0.1) is 5.10 Å². The van der Waals surface area contributed by atoms with Gasteiger partial charge >= 0.3 is 6.09 Å². The summed E-state index contributed by atoms with van der Waals surface area (Å²) in [6.07, 6.45) is -0.704. The van der Waals surface area contributed by atoms with Crippen LogP contribution in [0.3, 0.4) is 0 Å². The minimum atomic E-state index is -0.704. The minimum Gasteiger partial charge on any atom is -0.410 e. The van der Waals surface area contributed by atoms with Crippen LogP contribution in [0.25, 0.3) is 0 Å². The second kappa shape index (κ2) is 6.80. The number of nitrogens with zero attached hydrogens (tertiary/aromatic N) is 2. The quantitative estimate of drug-likeness (QED) is 0.744. The first kappa shape index (κ1) is 14.9. The average Bonchev–Trinajstić information content (AvgIpc) is 3.03. The third kappa shape index (κ3) is 3.58. The molecular formula is C16H11N3O3S. The van der Waals surface area contributed by atoms with Gasteiger partial charge in [-0.05, 0) is 12.1 Å². The molecule has 0 saturated carbocycles. The average molecular weight is 325 g/mol. The Morgan fingerprint density at radius 1 is 0.957 bits per heavy atom. The summed E-state index contributed by atoms with van der Waals surface area (Å²) in [5.41, 5.74) is 0.561. The molecule has 0 aliphatic carbocycles. The van der Waals surface area contributed by atoms with Crippen LogP contribution in [-0.2, 0) is 0 Å². The summed E-state index contributed by atoms with van der Waals surface area (Å²) in [6.45, 7) is 0. The number of nitrogens with one attached hydrogen (secondary N) is 1. The third-order valence-corrected chi connectivity index (χ3v) is 3.55. The number of rotatable bonds is 4. The van der Waals surface area contributed by atoms with Crippen LogP contribution < -0.4 is 10.1 Å². The number of anilines is 1. The van der Waals surface area contributed by atoms with Crippen LogP contribution in [0.2, 0.25) is 0 Å². The lowest BCUT2D eigenvalue weighted by Crippen LogP contribution is -2.18. The van der Waals surface area contributed by atoms with Crippen molar-refractivity contribution in [3.63, 3.8) is 0 Å². The fraction of sp³-hybridized carbons (Fsp3) is 0. The van der Waals surface area contributed by atoms with E-state index in [4.69, 9.17) is 4.74 Å². The van der Waals surface area contributed by atoms with E-state index in [1.54, 1.807) is 48.5 Å². The monoisotopic (exact) mass is 325 g/mol. The Morgan fingerprint density at radius 3 is 2.30 bits per heavy atom. The van der Waals surface area contributed by atoms with Gasteiger partial charge in [-0.25, -0.2) is 4.79 Å². The van der Waals surface area contributed by atoms with Gasteiger partial charge in [-0.3, -0.25) is 10.1 Å². The van der Waals surface area contributed by atoms with Crippen molar-refractivity contribution in [1.29, 1.82) is 0 Å². The molecule has 3 rings (SSSR count). The van der Waals surface area contributed by atoms with E-state index in [0.717, 1.165) is 11.5 Å². The van der Waals surface area contributed by atoms with Crippen molar-refractivity contribution in [1.82, 2.24) is 9.59 Å². The fourth-order valence-corrected chi connectivity index (χ4v) is 2.41. The Morgan fingerprint density at radius 2 is 1.61 bits per heavy atom. The molecule has 0 fully saturated rings. The van der Waals surface area contributed by atoms with E-state index in [2.05, 4.69) is 14.9 Å². The van der Waals surface area contributed by atoms with Crippen LogP contribution in [-0.4, -0.2) is 21.5 Å². The largest absolute Gasteiger partial charge is 0.417 e. The third-order valence-electron chi connectivity index (χ3n) is 2.91. The molecule has 7 heteroatoms. The predicted molar refractivity (Wildman–Crippen MR) is 85.9 cm³/mol. The molecule has 1 N–H and O–H groups in total. The van der Waals surface area contributed by atoms with E-state index in [1.807, 2.05) is 12.1 Å². The number of carbonyl (C=O) groups is 2. The van der Waals surface area contributed by atoms with Crippen LogP contribution in [0.1, 0.15) is 16.1 Å². The molecule has 1 aromatic heterocycles. The van der Waals surface area contributed by atoms with Crippen molar-refractivity contribution in [3.05, 3.63) is 71.9 Å². The molecule has 0 aliphatic rings. The van der Waals surface area contributed by atoms with Crippen LogP contribution in [0.15, 0.2) is 60.7 Å². The Balaban J connectivity index is 1.74. The van der Waals surface area contributed by atoms with Gasteiger partial charge in [0.15, 0.2) is 10.7 Å². The molecule has 0 aliphatic heterocycles. The lowest BCUT2D eigenvalue weighted by molar-refractivity contribution is 0.103. The topological polar surface area (TPSA) is 81.2 Å². The highest BCUT2D eigenvalue weighted by atomic mass is 32.1. The Kier molecular flexibility index (Phi) is 4.39. The summed E-state index contributed by atoms with van der Waals surface area (Å²) >= 11 is 0.918. The summed E-state index contributed by atoms with van der Waals surface area (Å²) in [4.78, 5) is 24.3. The van der Waals surface area contributed by atoms with Gasteiger partial charge in [-0.2, -0.15) is 0 Å². The van der Waals surface area contributed by atoms with Crippen molar-refractivity contribution in [3.8, 4) is 5.75 Å². The van der Waals surface area contributed by atoms with Crippen molar-refractivity contribution in [2.75, 3.05) is 5.32 Å². The number of ether oxygens (including phenoxy) is 1. The number of ketones is 1. The van der Waals surface area contributed by atoms with E-state index < -0.39 is 6.09 Å². The van der Waals surface area contributed by atoms with Gasteiger partial charge in [0.05, 0.1) is 0 Å². The maximum atomic E-state index is 12.4. The SMILES string of the molecule is O=C(Nc1snnc1C(=O)c1ccccc1)Oc1ccccc1. The molecule has 6 nitrogen and oxygen atoms in total. The molecule has 2 aromatic carbocycles. The summed E-state index contributed by atoms with van der Waals surface area (Å²) in [7, 11) is 0. The highest BCUT2D eigenvalue weighted by Crippen LogP contribution is 2.21. The van der Waals surface area contributed by atoms with Crippen LogP contribution in [0.5, 0.6) is 5.75 Å². The molecule has 114 valence electrons. The van der Waals surface area contributed by atoms with Crippen molar-refractivity contribution >= 4 is 28.4 Å². The molecule has 0 unspecified atom stereocenters. The Labute approximate surface area is 135 Å². The Bertz CT molecular complexity index is 819. The van der Waals surface area contributed by atoms with Crippen molar-refractivity contribution in [2.24, 2.45) is 0 Å². The van der Waals surface area contributed by atoms with Gasteiger partial charge in [0.1, 0.15) is 5.75 Å². The maximum Gasteiger partial charge on any atom is 0.417 e. The molecule has 1 heterocycles. The second-order valence-corrected chi connectivity index (χ2v) is 5.23. The zero-order valence-electron chi connectivity index (χ0n) is 11.8. The highest BCUT2D eigenvalue weighted by molar-refractivity contribution is 7.10. The van der Waals surface area contributed by atoms with Crippen LogP contribution in [0.4, 0.5) is 9.80 Å². The number of benzene rings is 2. The lowest BCUT2D eigenvalue weighted by Gasteiger charge is -2.05. The molecular weight excluding hydrogens is 314 g/mol. The molecule has 0 saturated heterocycles. The van der Waals surface area contributed by atoms with Crippen molar-refractivity contribution in [2.45, 2.75) is 0 Å². The van der Waals surface area contributed by atoms with Gasteiger partial charge in [0.2, 0.25) is 5.78 Å². The number of aromatic nitrogens is 2. The molecule has 0 bridgehead atoms. The normalized spacial score (nSPS) is 10.1. The highest BCUT2D eigenvalue weighted by Gasteiger charge is 2.20. The standard InChI is InChI=1S/C16H11N3O3S/c20-14(11-7-3-1-4-8-11)13-15(23-19-18-13)17-16(21)22-12-9-5-2-6-10-12/h1-10H,(H,17,21). The molecule has 1 amide bonds. The first-order valence-corrected chi connectivity index (χ1v) is 7.47. The molecule has 3 aromatic rings. The van der Waals surface area contributed by atoms with E-state index in [-0.39, 0.29) is 16.5 Å². The summed E-state index contributed by atoms with van der Waals surface area (Å²) < 4.78 is 8.85.